The third-order valence-electron chi connectivity index (χ3n) is 12.5. The SMILES string of the molecule is CC1(C)c2ccccc2-c2c(-c3ccccc3N(c3ccc(-c4cccc5oc6c7ccccc7ccc6c45)cc3)c3ccc4c(c3)oc3ccccc34)cccc21. The van der Waals surface area contributed by atoms with Crippen molar-refractivity contribution in [1.82, 2.24) is 0 Å². The number of fused-ring (bicyclic) bond motifs is 11. The van der Waals surface area contributed by atoms with Crippen LogP contribution in [0.2, 0.25) is 0 Å². The summed E-state index contributed by atoms with van der Waals surface area (Å²) in [6.07, 6.45) is 0. The fourth-order valence-electron chi connectivity index (χ4n) is 9.74. The maximum Gasteiger partial charge on any atom is 0.143 e. The van der Waals surface area contributed by atoms with Crippen molar-refractivity contribution >= 4 is 71.7 Å². The molecule has 11 aromatic rings. The highest BCUT2D eigenvalue weighted by Gasteiger charge is 2.37. The van der Waals surface area contributed by atoms with Gasteiger partial charge in [-0.15, -0.1) is 0 Å². The lowest BCUT2D eigenvalue weighted by Gasteiger charge is -2.29. The topological polar surface area (TPSA) is 29.5 Å². The number of para-hydroxylation sites is 2. The normalized spacial score (nSPS) is 13.1. The molecule has 0 aliphatic heterocycles. The van der Waals surface area contributed by atoms with E-state index in [2.05, 4.69) is 195 Å². The van der Waals surface area contributed by atoms with Crippen molar-refractivity contribution in [2.24, 2.45) is 0 Å². The minimum atomic E-state index is -0.102. The summed E-state index contributed by atoms with van der Waals surface area (Å²) in [6, 6.07) is 67.7. The summed E-state index contributed by atoms with van der Waals surface area (Å²) in [5, 5.41) is 6.79. The summed E-state index contributed by atoms with van der Waals surface area (Å²) in [5.74, 6) is 0. The van der Waals surface area contributed by atoms with Gasteiger partial charge in [-0.2, -0.15) is 0 Å². The molecule has 0 bridgehead atoms. The van der Waals surface area contributed by atoms with Gasteiger partial charge in [0.2, 0.25) is 0 Å². The first-order valence-electron chi connectivity index (χ1n) is 20.0. The van der Waals surface area contributed by atoms with Crippen LogP contribution in [0.4, 0.5) is 17.1 Å². The van der Waals surface area contributed by atoms with Crippen molar-refractivity contribution in [3.8, 4) is 33.4 Å². The second-order valence-corrected chi connectivity index (χ2v) is 16.0. The van der Waals surface area contributed by atoms with E-state index in [4.69, 9.17) is 8.83 Å². The number of rotatable bonds is 5. The molecule has 0 unspecified atom stereocenters. The zero-order valence-electron chi connectivity index (χ0n) is 32.2. The van der Waals surface area contributed by atoms with Gasteiger partial charge in [-0.05, 0) is 92.9 Å². The van der Waals surface area contributed by atoms with E-state index < -0.39 is 0 Å². The molecule has 3 heteroatoms. The van der Waals surface area contributed by atoms with Crippen LogP contribution in [0.25, 0.3) is 88.0 Å². The summed E-state index contributed by atoms with van der Waals surface area (Å²) in [6.45, 7) is 4.69. The Kier molecular flexibility index (Phi) is 6.98. The third kappa shape index (κ3) is 4.74. The van der Waals surface area contributed by atoms with Crippen molar-refractivity contribution in [2.75, 3.05) is 4.90 Å². The van der Waals surface area contributed by atoms with Gasteiger partial charge in [0.25, 0.3) is 0 Å². The van der Waals surface area contributed by atoms with Gasteiger partial charge in [0.05, 0.1) is 5.69 Å². The number of benzene rings is 9. The van der Waals surface area contributed by atoms with E-state index in [1.807, 2.05) is 12.1 Å². The van der Waals surface area contributed by atoms with Gasteiger partial charge in [-0.3, -0.25) is 0 Å². The second kappa shape index (κ2) is 12.3. The highest BCUT2D eigenvalue weighted by molar-refractivity contribution is 6.19. The highest BCUT2D eigenvalue weighted by Crippen LogP contribution is 2.54. The predicted molar refractivity (Wildman–Crippen MR) is 242 cm³/mol. The van der Waals surface area contributed by atoms with Crippen LogP contribution < -0.4 is 4.90 Å². The molecule has 274 valence electrons. The van der Waals surface area contributed by atoms with E-state index in [-0.39, 0.29) is 5.41 Å². The van der Waals surface area contributed by atoms with Crippen LogP contribution in [0.15, 0.2) is 197 Å². The van der Waals surface area contributed by atoms with Crippen LogP contribution in [0, 0.1) is 0 Å². The Hall–Kier alpha value is -7.36. The van der Waals surface area contributed by atoms with Crippen LogP contribution >= 0.6 is 0 Å². The molecule has 1 aliphatic rings. The summed E-state index contributed by atoms with van der Waals surface area (Å²) in [7, 11) is 0. The van der Waals surface area contributed by atoms with Crippen LogP contribution in [0.3, 0.4) is 0 Å². The quantitative estimate of drug-likeness (QED) is 0.176. The van der Waals surface area contributed by atoms with Gasteiger partial charge in [0.15, 0.2) is 0 Å². The van der Waals surface area contributed by atoms with Crippen molar-refractivity contribution in [1.29, 1.82) is 0 Å². The lowest BCUT2D eigenvalue weighted by Crippen LogP contribution is -2.14. The Morgan fingerprint density at radius 1 is 0.414 bits per heavy atom. The number of hydrogen-bond acceptors (Lipinski definition) is 3. The lowest BCUT2D eigenvalue weighted by molar-refractivity contribution is 0.660. The van der Waals surface area contributed by atoms with E-state index in [9.17, 15) is 0 Å². The summed E-state index contributed by atoms with van der Waals surface area (Å²) in [5.41, 5.74) is 16.7. The fraction of sp³-hybridized carbons (Fsp3) is 0.0545. The zero-order chi connectivity index (χ0) is 38.5. The van der Waals surface area contributed by atoms with Gasteiger partial charge >= 0.3 is 0 Å². The van der Waals surface area contributed by atoms with Crippen molar-refractivity contribution in [3.63, 3.8) is 0 Å². The predicted octanol–water partition coefficient (Wildman–Crippen LogP) is 15.7. The van der Waals surface area contributed by atoms with Gasteiger partial charge in [0.1, 0.15) is 22.3 Å². The van der Waals surface area contributed by atoms with Gasteiger partial charge in [0, 0.05) is 55.4 Å². The van der Waals surface area contributed by atoms with Gasteiger partial charge < -0.3 is 13.7 Å². The van der Waals surface area contributed by atoms with Crippen molar-refractivity contribution < 1.29 is 8.83 Å². The number of anilines is 3. The maximum absolute atomic E-state index is 6.57. The molecule has 58 heavy (non-hydrogen) atoms. The molecule has 3 nitrogen and oxygen atoms in total. The van der Waals surface area contributed by atoms with Crippen LogP contribution in [-0.4, -0.2) is 0 Å². The summed E-state index contributed by atoms with van der Waals surface area (Å²) < 4.78 is 13.1. The number of hydrogen-bond donors (Lipinski definition) is 0. The summed E-state index contributed by atoms with van der Waals surface area (Å²) in [4.78, 5) is 2.39. The van der Waals surface area contributed by atoms with E-state index in [0.717, 1.165) is 77.5 Å². The molecule has 0 saturated carbocycles. The Morgan fingerprint density at radius 3 is 1.95 bits per heavy atom. The Morgan fingerprint density at radius 2 is 1.05 bits per heavy atom. The molecule has 2 aromatic heterocycles. The molecular weight excluding hydrogens is 707 g/mol. The second-order valence-electron chi connectivity index (χ2n) is 16.0. The average molecular weight is 744 g/mol. The van der Waals surface area contributed by atoms with E-state index in [1.165, 1.54) is 38.8 Å². The molecule has 0 N–H and O–H groups in total. The van der Waals surface area contributed by atoms with E-state index in [0.29, 0.717) is 0 Å². The molecule has 0 atom stereocenters. The number of furan rings is 2. The molecule has 0 amide bonds. The average Bonchev–Trinajstić information content (AvgIpc) is 3.92. The highest BCUT2D eigenvalue weighted by atomic mass is 16.3. The Bertz CT molecular complexity index is 3440. The Labute approximate surface area is 336 Å². The molecule has 0 radical (unpaired) electrons. The first-order valence-corrected chi connectivity index (χ1v) is 20.0. The van der Waals surface area contributed by atoms with E-state index >= 15 is 0 Å². The van der Waals surface area contributed by atoms with Crippen molar-refractivity contribution in [3.05, 3.63) is 199 Å². The molecule has 12 rings (SSSR count). The smallest absolute Gasteiger partial charge is 0.143 e. The first-order chi connectivity index (χ1) is 28.5. The molecule has 1 aliphatic carbocycles. The molecule has 0 spiro atoms. The van der Waals surface area contributed by atoms with Crippen LogP contribution in [-0.2, 0) is 5.41 Å². The largest absolute Gasteiger partial charge is 0.456 e. The zero-order valence-corrected chi connectivity index (χ0v) is 32.2. The van der Waals surface area contributed by atoms with Crippen molar-refractivity contribution in [2.45, 2.75) is 19.3 Å². The molecular formula is C55H37NO2. The molecule has 0 saturated heterocycles. The first kappa shape index (κ1) is 32.8. The lowest BCUT2D eigenvalue weighted by atomic mass is 9.82. The van der Waals surface area contributed by atoms with Gasteiger partial charge in [-0.25, -0.2) is 0 Å². The molecule has 2 heterocycles. The monoisotopic (exact) mass is 743 g/mol. The molecule has 9 aromatic carbocycles. The Balaban J connectivity index is 1.05. The van der Waals surface area contributed by atoms with E-state index in [1.54, 1.807) is 0 Å². The minimum absolute atomic E-state index is 0.102. The third-order valence-corrected chi connectivity index (χ3v) is 12.5. The standard InChI is InChI=1S/C55H37NO2/c1-55(2)46-20-8-5-17-44(46)52-43(19-11-21-47(52)55)40-15-6-9-22-48(40)56(37-30-32-42-41-16-7-10-23-49(41)57-51(42)33-37)36-28-25-35(26-29-36)38-18-12-24-50-53(38)45-31-27-34-13-3-4-14-39(34)54(45)58-50/h3-33H,1-2H3. The fourth-order valence-corrected chi connectivity index (χ4v) is 9.74. The summed E-state index contributed by atoms with van der Waals surface area (Å²) >= 11 is 0. The number of nitrogens with zero attached hydrogens (tertiary/aromatic N) is 1. The minimum Gasteiger partial charge on any atom is -0.456 e. The van der Waals surface area contributed by atoms with Gasteiger partial charge in [-0.1, -0.05) is 147 Å². The van der Waals surface area contributed by atoms with Crippen LogP contribution in [0.5, 0.6) is 0 Å². The maximum atomic E-state index is 6.57. The molecule has 0 fully saturated rings. The van der Waals surface area contributed by atoms with Crippen LogP contribution in [0.1, 0.15) is 25.0 Å².